The van der Waals surface area contributed by atoms with Crippen molar-refractivity contribution in [1.29, 1.82) is 0 Å². The van der Waals surface area contributed by atoms with Crippen LogP contribution in [-0.2, 0) is 4.79 Å². The summed E-state index contributed by atoms with van der Waals surface area (Å²) in [7, 11) is 0. The predicted octanol–water partition coefficient (Wildman–Crippen LogP) is 1.44. The molecule has 1 amide bonds. The number of nitrogens with one attached hydrogen (secondary N) is 1. The SMILES string of the molecule is CC(O)C1CCN(CCC(=O)Nc2ccc(F)cc2N)C1. The second kappa shape index (κ2) is 6.87. The van der Waals surface area contributed by atoms with Gasteiger partial charge in [0.1, 0.15) is 5.82 Å². The monoisotopic (exact) mass is 295 g/mol. The fraction of sp³-hybridized carbons (Fsp3) is 0.533. The van der Waals surface area contributed by atoms with Crippen molar-refractivity contribution in [1.82, 2.24) is 4.90 Å². The Labute approximate surface area is 123 Å². The molecule has 0 bridgehead atoms. The molecule has 1 heterocycles. The third kappa shape index (κ3) is 4.41. The minimum absolute atomic E-state index is 0.145. The topological polar surface area (TPSA) is 78.6 Å². The molecule has 0 saturated carbocycles. The Morgan fingerprint density at radius 2 is 2.38 bits per heavy atom. The highest BCUT2D eigenvalue weighted by Gasteiger charge is 2.25. The smallest absolute Gasteiger partial charge is 0.225 e. The molecule has 1 saturated heterocycles. The summed E-state index contributed by atoms with van der Waals surface area (Å²) in [5.41, 5.74) is 6.30. The van der Waals surface area contributed by atoms with Gasteiger partial charge in [-0.25, -0.2) is 4.39 Å². The number of halogens is 1. The molecule has 4 N–H and O–H groups in total. The molecule has 2 rings (SSSR count). The molecule has 2 atom stereocenters. The lowest BCUT2D eigenvalue weighted by atomic mass is 10.0. The summed E-state index contributed by atoms with van der Waals surface area (Å²) in [4.78, 5) is 14.1. The number of hydrogen-bond donors (Lipinski definition) is 3. The van der Waals surface area contributed by atoms with E-state index in [-0.39, 0.29) is 17.7 Å². The van der Waals surface area contributed by atoms with Crippen LogP contribution in [0.1, 0.15) is 19.8 Å². The van der Waals surface area contributed by atoms with Gasteiger partial charge in [-0.3, -0.25) is 4.79 Å². The van der Waals surface area contributed by atoms with Gasteiger partial charge in [-0.1, -0.05) is 0 Å². The van der Waals surface area contributed by atoms with Gasteiger partial charge in [0, 0.05) is 19.5 Å². The van der Waals surface area contributed by atoms with Gasteiger partial charge in [-0.15, -0.1) is 0 Å². The van der Waals surface area contributed by atoms with Crippen molar-refractivity contribution in [3.05, 3.63) is 24.0 Å². The van der Waals surface area contributed by atoms with Gasteiger partial charge < -0.3 is 21.1 Å². The summed E-state index contributed by atoms with van der Waals surface area (Å²) in [5.74, 6) is -0.277. The number of anilines is 2. The highest BCUT2D eigenvalue weighted by molar-refractivity contribution is 5.93. The van der Waals surface area contributed by atoms with Crippen molar-refractivity contribution < 1.29 is 14.3 Å². The number of aliphatic hydroxyl groups excluding tert-OH is 1. The molecule has 5 nitrogen and oxygen atoms in total. The van der Waals surface area contributed by atoms with E-state index in [4.69, 9.17) is 5.73 Å². The third-order valence-corrected chi connectivity index (χ3v) is 3.93. The molecule has 1 aliphatic rings. The number of likely N-dealkylation sites (tertiary alicyclic amines) is 1. The zero-order chi connectivity index (χ0) is 15.4. The minimum Gasteiger partial charge on any atom is -0.397 e. The quantitative estimate of drug-likeness (QED) is 0.718. The molecular formula is C15H22FN3O2. The highest BCUT2D eigenvalue weighted by Crippen LogP contribution is 2.21. The number of amides is 1. The number of carbonyl (C=O) groups is 1. The lowest BCUT2D eigenvalue weighted by Gasteiger charge is -2.17. The van der Waals surface area contributed by atoms with Crippen LogP contribution < -0.4 is 11.1 Å². The van der Waals surface area contributed by atoms with E-state index < -0.39 is 5.82 Å². The zero-order valence-electron chi connectivity index (χ0n) is 12.2. The van der Waals surface area contributed by atoms with E-state index in [1.54, 1.807) is 6.92 Å². The van der Waals surface area contributed by atoms with E-state index in [9.17, 15) is 14.3 Å². The van der Waals surface area contributed by atoms with Crippen LogP contribution in [0, 0.1) is 11.7 Å². The summed E-state index contributed by atoms with van der Waals surface area (Å²) in [6, 6.07) is 3.91. The number of rotatable bonds is 5. The van der Waals surface area contributed by atoms with Crippen molar-refractivity contribution >= 4 is 17.3 Å². The van der Waals surface area contributed by atoms with Crippen LogP contribution in [0.15, 0.2) is 18.2 Å². The molecule has 0 radical (unpaired) electrons. The first kappa shape index (κ1) is 15.7. The summed E-state index contributed by atoms with van der Waals surface area (Å²) in [6.07, 6.45) is 1.01. The maximum atomic E-state index is 12.9. The van der Waals surface area contributed by atoms with Crippen LogP contribution in [0.2, 0.25) is 0 Å². The van der Waals surface area contributed by atoms with Gasteiger partial charge in [0.25, 0.3) is 0 Å². The zero-order valence-corrected chi connectivity index (χ0v) is 12.2. The molecule has 1 aromatic rings. The van der Waals surface area contributed by atoms with Crippen LogP contribution in [-0.4, -0.2) is 41.7 Å². The van der Waals surface area contributed by atoms with Crippen molar-refractivity contribution in [3.8, 4) is 0 Å². The Kier molecular flexibility index (Phi) is 5.14. The Balaban J connectivity index is 1.78. The second-order valence-electron chi connectivity index (χ2n) is 5.62. The average molecular weight is 295 g/mol. The molecule has 6 heteroatoms. The summed E-state index contributed by atoms with van der Waals surface area (Å²) < 4.78 is 12.9. The molecule has 1 aromatic carbocycles. The standard InChI is InChI=1S/C15H22FN3O2/c1-10(20)11-4-6-19(9-11)7-5-15(21)18-14-3-2-12(16)8-13(14)17/h2-3,8,10-11,20H,4-7,9,17H2,1H3,(H,18,21). The summed E-state index contributed by atoms with van der Waals surface area (Å²) in [6.45, 7) is 4.18. The lowest BCUT2D eigenvalue weighted by Crippen LogP contribution is -2.28. The summed E-state index contributed by atoms with van der Waals surface area (Å²) in [5, 5.41) is 12.2. The van der Waals surface area contributed by atoms with Gasteiger partial charge in [0.05, 0.1) is 17.5 Å². The number of nitrogens with two attached hydrogens (primary N) is 1. The largest absolute Gasteiger partial charge is 0.397 e. The number of hydrogen-bond acceptors (Lipinski definition) is 4. The minimum atomic E-state index is -0.424. The van der Waals surface area contributed by atoms with Crippen molar-refractivity contribution in [2.24, 2.45) is 5.92 Å². The van der Waals surface area contributed by atoms with Gasteiger partial charge in [-0.2, -0.15) is 0 Å². The molecule has 0 aliphatic carbocycles. The maximum Gasteiger partial charge on any atom is 0.225 e. The Morgan fingerprint density at radius 3 is 3.00 bits per heavy atom. The molecule has 21 heavy (non-hydrogen) atoms. The molecule has 2 unspecified atom stereocenters. The van der Waals surface area contributed by atoms with Crippen LogP contribution in [0.3, 0.4) is 0 Å². The Bertz CT molecular complexity index is 508. The highest BCUT2D eigenvalue weighted by atomic mass is 19.1. The molecule has 1 fully saturated rings. The van der Waals surface area contributed by atoms with Crippen molar-refractivity contribution in [3.63, 3.8) is 0 Å². The Hall–Kier alpha value is -1.66. The molecule has 1 aliphatic heterocycles. The molecular weight excluding hydrogens is 273 g/mol. The van der Waals surface area contributed by atoms with Gasteiger partial charge in [0.2, 0.25) is 5.91 Å². The number of carbonyl (C=O) groups excluding carboxylic acids is 1. The Morgan fingerprint density at radius 1 is 1.62 bits per heavy atom. The van der Waals surface area contributed by atoms with Crippen LogP contribution in [0.5, 0.6) is 0 Å². The summed E-state index contributed by atoms with van der Waals surface area (Å²) >= 11 is 0. The molecule has 116 valence electrons. The first-order chi connectivity index (χ1) is 9.95. The van der Waals surface area contributed by atoms with Crippen LogP contribution in [0.25, 0.3) is 0 Å². The predicted molar refractivity (Wildman–Crippen MR) is 80.3 cm³/mol. The van der Waals surface area contributed by atoms with Gasteiger partial charge in [-0.05, 0) is 44.0 Å². The third-order valence-electron chi connectivity index (χ3n) is 3.93. The average Bonchev–Trinajstić information content (AvgIpc) is 2.89. The number of benzene rings is 1. The van der Waals surface area contributed by atoms with Gasteiger partial charge in [0.15, 0.2) is 0 Å². The van der Waals surface area contributed by atoms with E-state index in [1.165, 1.54) is 18.2 Å². The molecule has 0 spiro atoms. The number of nitrogen functional groups attached to an aromatic ring is 1. The van der Waals surface area contributed by atoms with Gasteiger partial charge >= 0.3 is 0 Å². The second-order valence-corrected chi connectivity index (χ2v) is 5.62. The van der Waals surface area contributed by atoms with Crippen molar-refractivity contribution in [2.45, 2.75) is 25.9 Å². The molecule has 0 aromatic heterocycles. The van der Waals surface area contributed by atoms with E-state index in [0.29, 0.717) is 24.6 Å². The lowest BCUT2D eigenvalue weighted by molar-refractivity contribution is -0.116. The fourth-order valence-corrected chi connectivity index (χ4v) is 2.58. The first-order valence-electron chi connectivity index (χ1n) is 7.21. The van der Waals surface area contributed by atoms with E-state index in [2.05, 4.69) is 10.2 Å². The van der Waals surface area contributed by atoms with Crippen molar-refractivity contribution in [2.75, 3.05) is 30.7 Å². The van der Waals surface area contributed by atoms with E-state index in [1.807, 2.05) is 0 Å². The normalized spacial score (nSPS) is 20.4. The number of aliphatic hydroxyl groups is 1. The van der Waals surface area contributed by atoms with Crippen LogP contribution in [0.4, 0.5) is 15.8 Å². The fourth-order valence-electron chi connectivity index (χ4n) is 2.58. The van der Waals surface area contributed by atoms with Crippen LogP contribution >= 0.6 is 0 Å². The van der Waals surface area contributed by atoms with E-state index >= 15 is 0 Å². The van der Waals surface area contributed by atoms with E-state index in [0.717, 1.165) is 19.5 Å². The number of nitrogens with zero attached hydrogens (tertiary/aromatic N) is 1. The first-order valence-corrected chi connectivity index (χ1v) is 7.21. The maximum absolute atomic E-state index is 12.9.